The molecule has 4 N–H and O–H groups in total. The molecule has 0 spiro atoms. The van der Waals surface area contributed by atoms with Crippen LogP contribution in [0, 0.1) is 11.7 Å². The van der Waals surface area contributed by atoms with Crippen molar-refractivity contribution >= 4 is 5.69 Å². The predicted molar refractivity (Wildman–Crippen MR) is 63.6 cm³/mol. The highest BCUT2D eigenvalue weighted by Crippen LogP contribution is 2.20. The Morgan fingerprint density at radius 3 is 2.62 bits per heavy atom. The normalized spacial score (nSPS) is 12.9. The first-order chi connectivity index (χ1) is 7.60. The minimum absolute atomic E-state index is 0.0121. The Hall–Kier alpha value is -1.13. The quantitative estimate of drug-likeness (QED) is 0.716. The van der Waals surface area contributed by atoms with E-state index in [1.165, 1.54) is 6.07 Å². The Morgan fingerprint density at radius 1 is 1.44 bits per heavy atom. The van der Waals surface area contributed by atoms with Gasteiger partial charge < -0.3 is 16.2 Å². The maximum absolute atomic E-state index is 13.4. The standard InChI is InChI=1S/C12H19FN2O/c1-8(2)12(7-16)15-11-5-3-4-10(13)9(11)6-14/h3-5,8,12,15-16H,6-7,14H2,1-2H3. The fourth-order valence-corrected chi connectivity index (χ4v) is 1.52. The minimum atomic E-state index is -0.312. The number of halogens is 1. The summed E-state index contributed by atoms with van der Waals surface area (Å²) in [7, 11) is 0. The van der Waals surface area contributed by atoms with Gasteiger partial charge in [-0.1, -0.05) is 19.9 Å². The average Bonchev–Trinajstić information content (AvgIpc) is 2.25. The van der Waals surface area contributed by atoms with Crippen LogP contribution in [0.2, 0.25) is 0 Å². The van der Waals surface area contributed by atoms with E-state index in [1.54, 1.807) is 12.1 Å². The molecule has 0 fully saturated rings. The maximum Gasteiger partial charge on any atom is 0.129 e. The van der Waals surface area contributed by atoms with Crippen LogP contribution in [-0.2, 0) is 6.54 Å². The molecule has 1 aromatic carbocycles. The van der Waals surface area contributed by atoms with Crippen LogP contribution in [0.25, 0.3) is 0 Å². The van der Waals surface area contributed by atoms with E-state index in [0.717, 1.165) is 0 Å². The number of nitrogens with one attached hydrogen (secondary N) is 1. The number of rotatable bonds is 5. The van der Waals surface area contributed by atoms with Crippen LogP contribution in [0.5, 0.6) is 0 Å². The maximum atomic E-state index is 13.4. The lowest BCUT2D eigenvalue weighted by Crippen LogP contribution is -2.30. The molecule has 1 unspecified atom stereocenters. The van der Waals surface area contributed by atoms with E-state index in [4.69, 9.17) is 5.73 Å². The zero-order valence-electron chi connectivity index (χ0n) is 9.70. The summed E-state index contributed by atoms with van der Waals surface area (Å²) in [6.07, 6.45) is 0. The largest absolute Gasteiger partial charge is 0.394 e. The third-order valence-electron chi connectivity index (χ3n) is 2.67. The van der Waals surface area contributed by atoms with Gasteiger partial charge in [-0.3, -0.25) is 0 Å². The van der Waals surface area contributed by atoms with Crippen molar-refractivity contribution < 1.29 is 9.50 Å². The van der Waals surface area contributed by atoms with Crippen molar-refractivity contribution in [2.75, 3.05) is 11.9 Å². The summed E-state index contributed by atoms with van der Waals surface area (Å²) in [5, 5.41) is 12.3. The molecule has 90 valence electrons. The molecule has 0 aliphatic carbocycles. The SMILES string of the molecule is CC(C)C(CO)Nc1cccc(F)c1CN. The monoisotopic (exact) mass is 226 g/mol. The van der Waals surface area contributed by atoms with Gasteiger partial charge in [0.2, 0.25) is 0 Å². The van der Waals surface area contributed by atoms with Crippen molar-refractivity contribution in [2.24, 2.45) is 11.7 Å². The first-order valence-corrected chi connectivity index (χ1v) is 5.45. The van der Waals surface area contributed by atoms with Gasteiger partial charge in [-0.05, 0) is 18.1 Å². The molecular weight excluding hydrogens is 207 g/mol. The third-order valence-corrected chi connectivity index (χ3v) is 2.67. The van der Waals surface area contributed by atoms with E-state index in [1.807, 2.05) is 13.8 Å². The summed E-state index contributed by atoms with van der Waals surface area (Å²) >= 11 is 0. The number of benzene rings is 1. The van der Waals surface area contributed by atoms with Crippen LogP contribution < -0.4 is 11.1 Å². The van der Waals surface area contributed by atoms with Crippen LogP contribution in [-0.4, -0.2) is 17.8 Å². The van der Waals surface area contributed by atoms with E-state index in [9.17, 15) is 9.50 Å². The van der Waals surface area contributed by atoms with Crippen LogP contribution in [0.1, 0.15) is 19.4 Å². The summed E-state index contributed by atoms with van der Waals surface area (Å²) in [4.78, 5) is 0. The Morgan fingerprint density at radius 2 is 2.12 bits per heavy atom. The van der Waals surface area contributed by atoms with Crippen molar-refractivity contribution in [3.63, 3.8) is 0 Å². The molecular formula is C12H19FN2O. The molecule has 0 saturated heterocycles. The van der Waals surface area contributed by atoms with Crippen LogP contribution in [0.15, 0.2) is 18.2 Å². The lowest BCUT2D eigenvalue weighted by molar-refractivity contribution is 0.249. The second-order valence-electron chi connectivity index (χ2n) is 4.15. The summed E-state index contributed by atoms with van der Waals surface area (Å²) in [6, 6.07) is 4.70. The van der Waals surface area contributed by atoms with Crippen LogP contribution in [0.4, 0.5) is 10.1 Å². The lowest BCUT2D eigenvalue weighted by Gasteiger charge is -2.22. The molecule has 4 heteroatoms. The van der Waals surface area contributed by atoms with E-state index in [2.05, 4.69) is 5.32 Å². The second-order valence-corrected chi connectivity index (χ2v) is 4.15. The van der Waals surface area contributed by atoms with Gasteiger partial charge in [0.1, 0.15) is 5.82 Å². The van der Waals surface area contributed by atoms with E-state index >= 15 is 0 Å². The summed E-state index contributed by atoms with van der Waals surface area (Å²) in [6.45, 7) is 4.15. The summed E-state index contributed by atoms with van der Waals surface area (Å²) in [5.74, 6) is -0.0492. The first kappa shape index (κ1) is 12.9. The highest BCUT2D eigenvalue weighted by atomic mass is 19.1. The molecule has 1 aromatic rings. The van der Waals surface area contributed by atoms with E-state index in [0.29, 0.717) is 11.3 Å². The van der Waals surface area contributed by atoms with Gasteiger partial charge in [-0.25, -0.2) is 4.39 Å². The van der Waals surface area contributed by atoms with Crippen molar-refractivity contribution in [1.82, 2.24) is 0 Å². The Bertz CT molecular complexity index is 342. The molecule has 0 aliphatic rings. The molecule has 1 rings (SSSR count). The highest BCUT2D eigenvalue weighted by Gasteiger charge is 2.14. The Kier molecular flexibility index (Phi) is 4.71. The molecule has 3 nitrogen and oxygen atoms in total. The molecule has 1 atom stereocenters. The molecule has 0 amide bonds. The van der Waals surface area contributed by atoms with Crippen molar-refractivity contribution in [3.05, 3.63) is 29.6 Å². The fourth-order valence-electron chi connectivity index (χ4n) is 1.52. The van der Waals surface area contributed by atoms with Crippen LogP contribution >= 0.6 is 0 Å². The topological polar surface area (TPSA) is 58.3 Å². The predicted octanol–water partition coefficient (Wildman–Crippen LogP) is 1.71. The number of aliphatic hydroxyl groups excluding tert-OH is 1. The molecule has 0 aliphatic heterocycles. The van der Waals surface area contributed by atoms with Crippen molar-refractivity contribution in [2.45, 2.75) is 26.4 Å². The first-order valence-electron chi connectivity index (χ1n) is 5.45. The third kappa shape index (κ3) is 2.93. The fraction of sp³-hybridized carbons (Fsp3) is 0.500. The number of hydrogen-bond donors (Lipinski definition) is 3. The minimum Gasteiger partial charge on any atom is -0.394 e. The zero-order chi connectivity index (χ0) is 12.1. The van der Waals surface area contributed by atoms with E-state index < -0.39 is 0 Å². The van der Waals surface area contributed by atoms with Crippen LogP contribution in [0.3, 0.4) is 0 Å². The van der Waals surface area contributed by atoms with Gasteiger partial charge in [-0.15, -0.1) is 0 Å². The number of anilines is 1. The molecule has 0 saturated carbocycles. The van der Waals surface area contributed by atoms with E-state index in [-0.39, 0.29) is 30.9 Å². The second kappa shape index (κ2) is 5.82. The molecule has 0 bridgehead atoms. The van der Waals surface area contributed by atoms with Crippen molar-refractivity contribution in [1.29, 1.82) is 0 Å². The van der Waals surface area contributed by atoms with Gasteiger partial charge >= 0.3 is 0 Å². The van der Waals surface area contributed by atoms with Gasteiger partial charge in [0, 0.05) is 17.8 Å². The van der Waals surface area contributed by atoms with Gasteiger partial charge in [0.15, 0.2) is 0 Å². The average molecular weight is 226 g/mol. The molecule has 0 aromatic heterocycles. The molecule has 0 radical (unpaired) electrons. The summed E-state index contributed by atoms with van der Waals surface area (Å²) in [5.41, 5.74) is 6.62. The van der Waals surface area contributed by atoms with Gasteiger partial charge in [0.25, 0.3) is 0 Å². The smallest absolute Gasteiger partial charge is 0.129 e. The van der Waals surface area contributed by atoms with Gasteiger partial charge in [0.05, 0.1) is 12.6 Å². The molecule has 16 heavy (non-hydrogen) atoms. The lowest BCUT2D eigenvalue weighted by atomic mass is 10.0. The van der Waals surface area contributed by atoms with Crippen molar-refractivity contribution in [3.8, 4) is 0 Å². The highest BCUT2D eigenvalue weighted by molar-refractivity contribution is 5.52. The number of nitrogens with two attached hydrogens (primary N) is 1. The Balaban J connectivity index is 2.91. The summed E-state index contributed by atoms with van der Waals surface area (Å²) < 4.78 is 13.4. The number of hydrogen-bond acceptors (Lipinski definition) is 3. The zero-order valence-corrected chi connectivity index (χ0v) is 9.70. The molecule has 0 heterocycles. The Labute approximate surface area is 95.5 Å². The number of aliphatic hydroxyl groups is 1. The van der Waals surface area contributed by atoms with Gasteiger partial charge in [-0.2, -0.15) is 0 Å².